The fourth-order valence-electron chi connectivity index (χ4n) is 2.67. The van der Waals surface area contributed by atoms with Crippen molar-refractivity contribution in [2.75, 3.05) is 37.0 Å². The minimum absolute atomic E-state index is 0.0821. The first kappa shape index (κ1) is 12.0. The van der Waals surface area contributed by atoms with Crippen LogP contribution in [0.4, 0.5) is 11.4 Å². The Hall–Kier alpha value is -2.08. The molecule has 0 aliphatic carbocycles. The number of hydrogen-bond donors (Lipinski definition) is 1. The second-order valence-electron chi connectivity index (χ2n) is 4.64. The van der Waals surface area contributed by atoms with Crippen LogP contribution in [0.1, 0.15) is 0 Å². The van der Waals surface area contributed by atoms with Crippen molar-refractivity contribution in [1.29, 1.82) is 0 Å². The number of carbonyl (C=O) groups excluding carboxylic acids is 2. The molecule has 0 radical (unpaired) electrons. The molecule has 1 N–H and O–H groups in total. The van der Waals surface area contributed by atoms with Gasteiger partial charge in [-0.3, -0.25) is 14.5 Å². The molecule has 1 saturated heterocycles. The monoisotopic (exact) mass is 261 g/mol. The summed E-state index contributed by atoms with van der Waals surface area (Å²) in [6.45, 7) is 0.706. The summed E-state index contributed by atoms with van der Waals surface area (Å²) in [7, 11) is 3.28. The SMILES string of the molecule is COc1cccc2c1N1C(=O)CNCC1C(=O)N2C. The fourth-order valence-corrected chi connectivity index (χ4v) is 2.67. The number of hydrogen-bond acceptors (Lipinski definition) is 4. The smallest absolute Gasteiger partial charge is 0.251 e. The number of piperazine rings is 1. The summed E-state index contributed by atoms with van der Waals surface area (Å²) in [4.78, 5) is 27.6. The topological polar surface area (TPSA) is 61.9 Å². The molecule has 3 rings (SSSR count). The first-order valence-electron chi connectivity index (χ1n) is 6.12. The number of likely N-dealkylation sites (N-methyl/N-ethyl adjacent to an activating group) is 1. The van der Waals surface area contributed by atoms with Crippen molar-refractivity contribution in [3.8, 4) is 5.75 Å². The zero-order chi connectivity index (χ0) is 13.6. The summed E-state index contributed by atoms with van der Waals surface area (Å²) in [5.41, 5.74) is 1.39. The number of anilines is 2. The minimum atomic E-state index is -0.491. The van der Waals surface area contributed by atoms with Crippen LogP contribution < -0.4 is 19.9 Å². The lowest BCUT2D eigenvalue weighted by Gasteiger charge is -2.43. The summed E-state index contributed by atoms with van der Waals surface area (Å²) in [5.74, 6) is 0.418. The van der Waals surface area contributed by atoms with E-state index in [0.717, 1.165) is 0 Å². The highest BCUT2D eigenvalue weighted by Crippen LogP contribution is 2.42. The van der Waals surface area contributed by atoms with Crippen molar-refractivity contribution in [3.63, 3.8) is 0 Å². The normalized spacial score (nSPS) is 22.1. The van der Waals surface area contributed by atoms with Gasteiger partial charge in [0.2, 0.25) is 5.91 Å². The van der Waals surface area contributed by atoms with Gasteiger partial charge >= 0.3 is 0 Å². The Morgan fingerprint density at radius 3 is 2.89 bits per heavy atom. The molecule has 0 saturated carbocycles. The molecule has 2 amide bonds. The molecule has 1 aromatic rings. The Kier molecular flexibility index (Phi) is 2.67. The maximum absolute atomic E-state index is 12.3. The first-order chi connectivity index (χ1) is 9.15. The Balaban J connectivity index is 2.22. The van der Waals surface area contributed by atoms with Crippen molar-refractivity contribution in [2.45, 2.75) is 6.04 Å². The molecule has 6 nitrogen and oxygen atoms in total. The average Bonchev–Trinajstić information content (AvgIpc) is 2.44. The zero-order valence-electron chi connectivity index (χ0n) is 10.8. The van der Waals surface area contributed by atoms with Gasteiger partial charge in [-0.15, -0.1) is 0 Å². The fraction of sp³-hybridized carbons (Fsp3) is 0.385. The number of carbonyl (C=O) groups is 2. The third kappa shape index (κ3) is 1.60. The van der Waals surface area contributed by atoms with E-state index in [1.165, 1.54) is 0 Å². The number of rotatable bonds is 1. The molecular weight excluding hydrogens is 246 g/mol. The van der Waals surface area contributed by atoms with Gasteiger partial charge in [-0.2, -0.15) is 0 Å². The summed E-state index contributed by atoms with van der Waals surface area (Å²) >= 11 is 0. The van der Waals surface area contributed by atoms with Crippen LogP contribution in [0, 0.1) is 0 Å². The number of ether oxygens (including phenoxy) is 1. The van der Waals surface area contributed by atoms with Gasteiger partial charge in [0, 0.05) is 13.6 Å². The zero-order valence-corrected chi connectivity index (χ0v) is 10.8. The van der Waals surface area contributed by atoms with Crippen LogP contribution in [0.15, 0.2) is 18.2 Å². The highest BCUT2D eigenvalue weighted by atomic mass is 16.5. The van der Waals surface area contributed by atoms with E-state index in [1.54, 1.807) is 30.0 Å². The van der Waals surface area contributed by atoms with Crippen molar-refractivity contribution < 1.29 is 14.3 Å². The van der Waals surface area contributed by atoms with Crippen molar-refractivity contribution in [3.05, 3.63) is 18.2 Å². The Bertz CT molecular complexity index is 558. The van der Waals surface area contributed by atoms with Crippen molar-refractivity contribution in [1.82, 2.24) is 5.32 Å². The summed E-state index contributed by atoms with van der Waals surface area (Å²) in [5, 5.41) is 2.97. The van der Waals surface area contributed by atoms with Crippen LogP contribution in [0.3, 0.4) is 0 Å². The van der Waals surface area contributed by atoms with Gasteiger partial charge in [0.25, 0.3) is 5.91 Å². The Morgan fingerprint density at radius 1 is 1.37 bits per heavy atom. The van der Waals surface area contributed by atoms with Gasteiger partial charge in [0.15, 0.2) is 0 Å². The van der Waals surface area contributed by atoms with E-state index in [0.29, 0.717) is 23.7 Å². The number of fused-ring (bicyclic) bond motifs is 3. The molecule has 6 heteroatoms. The lowest BCUT2D eigenvalue weighted by atomic mass is 10.0. The lowest BCUT2D eigenvalue weighted by Crippen LogP contribution is -2.63. The maximum Gasteiger partial charge on any atom is 0.251 e. The molecule has 2 heterocycles. The van der Waals surface area contributed by atoms with Crippen LogP contribution >= 0.6 is 0 Å². The number of nitrogens with zero attached hydrogens (tertiary/aromatic N) is 2. The van der Waals surface area contributed by atoms with E-state index < -0.39 is 6.04 Å². The second kappa shape index (κ2) is 4.24. The average molecular weight is 261 g/mol. The number of amides is 2. The highest BCUT2D eigenvalue weighted by Gasteiger charge is 2.43. The predicted octanol–water partition coefficient (Wildman–Crippen LogP) is -0.0236. The second-order valence-corrected chi connectivity index (χ2v) is 4.64. The molecule has 1 aromatic carbocycles. The van der Waals surface area contributed by atoms with E-state index in [4.69, 9.17) is 4.74 Å². The highest BCUT2D eigenvalue weighted by molar-refractivity contribution is 6.15. The van der Waals surface area contributed by atoms with Gasteiger partial charge in [-0.1, -0.05) is 6.07 Å². The first-order valence-corrected chi connectivity index (χ1v) is 6.12. The molecular formula is C13H15N3O3. The number of methoxy groups -OCH3 is 1. The molecule has 0 spiro atoms. The van der Waals surface area contributed by atoms with E-state index in [-0.39, 0.29) is 18.4 Å². The Morgan fingerprint density at radius 2 is 2.16 bits per heavy atom. The van der Waals surface area contributed by atoms with Crippen LogP contribution in [-0.4, -0.2) is 45.1 Å². The quantitative estimate of drug-likeness (QED) is 0.771. The van der Waals surface area contributed by atoms with Crippen LogP contribution in [-0.2, 0) is 9.59 Å². The van der Waals surface area contributed by atoms with Crippen molar-refractivity contribution in [2.24, 2.45) is 0 Å². The molecule has 1 unspecified atom stereocenters. The number of benzene rings is 1. The minimum Gasteiger partial charge on any atom is -0.494 e. The van der Waals surface area contributed by atoms with Crippen LogP contribution in [0.2, 0.25) is 0 Å². The maximum atomic E-state index is 12.3. The lowest BCUT2D eigenvalue weighted by molar-refractivity contribution is -0.126. The van der Waals surface area contributed by atoms with Gasteiger partial charge < -0.3 is 15.0 Å². The molecule has 100 valence electrons. The third-order valence-corrected chi connectivity index (χ3v) is 3.61. The summed E-state index contributed by atoms with van der Waals surface area (Å²) in [6, 6.07) is 4.94. The summed E-state index contributed by atoms with van der Waals surface area (Å²) < 4.78 is 5.34. The number of para-hydroxylation sites is 1. The van der Waals surface area contributed by atoms with Crippen molar-refractivity contribution >= 4 is 23.2 Å². The third-order valence-electron chi connectivity index (χ3n) is 3.61. The van der Waals surface area contributed by atoms with Gasteiger partial charge in [-0.25, -0.2) is 0 Å². The van der Waals surface area contributed by atoms with Gasteiger partial charge in [-0.05, 0) is 12.1 Å². The molecule has 19 heavy (non-hydrogen) atoms. The molecule has 1 atom stereocenters. The van der Waals surface area contributed by atoms with Gasteiger partial charge in [0.05, 0.1) is 19.3 Å². The van der Waals surface area contributed by atoms with Gasteiger partial charge in [0.1, 0.15) is 17.5 Å². The van der Waals surface area contributed by atoms with Crippen LogP contribution in [0.5, 0.6) is 5.75 Å². The molecule has 0 aromatic heterocycles. The molecule has 1 fully saturated rings. The van der Waals surface area contributed by atoms with E-state index in [2.05, 4.69) is 5.32 Å². The molecule has 0 bridgehead atoms. The largest absolute Gasteiger partial charge is 0.494 e. The number of nitrogens with one attached hydrogen (secondary N) is 1. The predicted molar refractivity (Wildman–Crippen MR) is 70.5 cm³/mol. The van der Waals surface area contributed by atoms with E-state index in [9.17, 15) is 9.59 Å². The molecule has 2 aliphatic heterocycles. The Labute approximate surface area is 110 Å². The van der Waals surface area contributed by atoms with E-state index >= 15 is 0 Å². The van der Waals surface area contributed by atoms with Crippen LogP contribution in [0.25, 0.3) is 0 Å². The summed E-state index contributed by atoms with van der Waals surface area (Å²) in [6.07, 6.45) is 0. The molecule has 2 aliphatic rings. The van der Waals surface area contributed by atoms with E-state index in [1.807, 2.05) is 12.1 Å². The standard InChI is InChI=1S/C13H15N3O3/c1-15-8-4-3-5-10(19-2)12(8)16-9(13(15)18)6-14-7-11(16)17/h3-5,9,14H,6-7H2,1-2H3.